The molecule has 1 fully saturated rings. The van der Waals surface area contributed by atoms with Crippen LogP contribution >= 0.6 is 11.6 Å². The molecule has 1 heterocycles. The predicted molar refractivity (Wildman–Crippen MR) is 93.4 cm³/mol. The van der Waals surface area contributed by atoms with E-state index in [9.17, 15) is 18.0 Å². The second-order valence-electron chi connectivity index (χ2n) is 6.59. The molecule has 2 aromatic carbocycles. The molecule has 1 N–H and O–H groups in total. The molecule has 1 aliphatic heterocycles. The van der Waals surface area contributed by atoms with Crippen LogP contribution in [0.4, 0.5) is 18.9 Å². The molecule has 0 saturated heterocycles. The highest BCUT2D eigenvalue weighted by Crippen LogP contribution is 2.51. The minimum Gasteiger partial charge on any atom is -0.486 e. The Bertz CT molecular complexity index is 910. The molecule has 1 aliphatic carbocycles. The van der Waals surface area contributed by atoms with E-state index in [4.69, 9.17) is 21.1 Å². The number of nitrogens with one attached hydrogen (secondary N) is 1. The summed E-state index contributed by atoms with van der Waals surface area (Å²) in [6.45, 7) is 0.890. The van der Waals surface area contributed by atoms with Crippen molar-refractivity contribution < 1.29 is 27.4 Å². The number of fused-ring (bicyclic) bond motifs is 1. The average molecular weight is 398 g/mol. The molecule has 1 amide bonds. The fourth-order valence-corrected chi connectivity index (χ4v) is 3.32. The van der Waals surface area contributed by atoms with E-state index in [1.54, 1.807) is 18.2 Å². The highest BCUT2D eigenvalue weighted by molar-refractivity contribution is 6.33. The van der Waals surface area contributed by atoms with Gasteiger partial charge in [0.1, 0.15) is 13.2 Å². The molecule has 0 bridgehead atoms. The van der Waals surface area contributed by atoms with E-state index in [2.05, 4.69) is 5.32 Å². The van der Waals surface area contributed by atoms with E-state index in [0.717, 1.165) is 23.8 Å². The standard InChI is InChI=1S/C19H15ClF3NO3/c20-13-3-1-12(19(21,22)23)9-14(13)24-17(25)18(5-6-18)11-2-4-15-16(10-11)27-8-7-26-15/h1-4,9-10H,5-8H2,(H,24,25). The molecule has 2 aromatic rings. The first-order valence-corrected chi connectivity index (χ1v) is 8.76. The zero-order valence-electron chi connectivity index (χ0n) is 14.0. The van der Waals surface area contributed by atoms with Crippen LogP contribution in [0.1, 0.15) is 24.0 Å². The van der Waals surface area contributed by atoms with Gasteiger partial charge in [0.25, 0.3) is 0 Å². The predicted octanol–water partition coefficient (Wildman–Crippen LogP) is 4.80. The number of benzene rings is 2. The minimum absolute atomic E-state index is 0.0503. The lowest BCUT2D eigenvalue weighted by atomic mass is 9.94. The highest BCUT2D eigenvalue weighted by Gasteiger charge is 2.51. The van der Waals surface area contributed by atoms with Crippen LogP contribution in [0.5, 0.6) is 11.5 Å². The summed E-state index contributed by atoms with van der Waals surface area (Å²) in [5, 5.41) is 2.61. The molecule has 27 heavy (non-hydrogen) atoms. The van der Waals surface area contributed by atoms with Crippen LogP contribution in [0.2, 0.25) is 5.02 Å². The van der Waals surface area contributed by atoms with Crippen molar-refractivity contribution in [2.24, 2.45) is 0 Å². The number of hydrogen-bond donors (Lipinski definition) is 1. The van der Waals surface area contributed by atoms with Gasteiger partial charge in [0, 0.05) is 0 Å². The first kappa shape index (κ1) is 18.0. The van der Waals surface area contributed by atoms with Crippen LogP contribution in [0, 0.1) is 0 Å². The summed E-state index contributed by atoms with van der Waals surface area (Å²) >= 11 is 5.98. The lowest BCUT2D eigenvalue weighted by Crippen LogP contribution is -2.28. The Balaban J connectivity index is 1.60. The van der Waals surface area contributed by atoms with Crippen LogP contribution in [0.3, 0.4) is 0 Å². The maximum atomic E-state index is 12.9. The largest absolute Gasteiger partial charge is 0.486 e. The van der Waals surface area contributed by atoms with E-state index in [-0.39, 0.29) is 16.6 Å². The Kier molecular flexibility index (Phi) is 4.22. The van der Waals surface area contributed by atoms with Gasteiger partial charge in [-0.25, -0.2) is 0 Å². The van der Waals surface area contributed by atoms with E-state index in [1.807, 2.05) is 0 Å². The molecule has 1 saturated carbocycles. The topological polar surface area (TPSA) is 47.6 Å². The highest BCUT2D eigenvalue weighted by atomic mass is 35.5. The average Bonchev–Trinajstić information content (AvgIpc) is 3.44. The first-order chi connectivity index (χ1) is 12.8. The van der Waals surface area contributed by atoms with Gasteiger partial charge in [0.15, 0.2) is 11.5 Å². The fourth-order valence-electron chi connectivity index (χ4n) is 3.15. The van der Waals surface area contributed by atoms with Gasteiger partial charge in [-0.2, -0.15) is 13.2 Å². The number of alkyl halides is 3. The molecule has 0 unspecified atom stereocenters. The maximum Gasteiger partial charge on any atom is 0.416 e. The van der Waals surface area contributed by atoms with Crippen LogP contribution in [-0.2, 0) is 16.4 Å². The molecule has 0 aromatic heterocycles. The summed E-state index contributed by atoms with van der Waals surface area (Å²) in [5.74, 6) is 0.789. The molecule has 4 nitrogen and oxygen atoms in total. The lowest BCUT2D eigenvalue weighted by Gasteiger charge is -2.22. The van der Waals surface area contributed by atoms with Crippen molar-refractivity contribution in [1.82, 2.24) is 0 Å². The zero-order valence-corrected chi connectivity index (χ0v) is 14.8. The summed E-state index contributed by atoms with van der Waals surface area (Å²) in [6, 6.07) is 8.15. The van der Waals surface area contributed by atoms with Crippen molar-refractivity contribution in [2.75, 3.05) is 18.5 Å². The third-order valence-corrected chi connectivity index (χ3v) is 5.15. The summed E-state index contributed by atoms with van der Waals surface area (Å²) < 4.78 is 49.8. The van der Waals surface area contributed by atoms with Gasteiger partial charge >= 0.3 is 6.18 Å². The SMILES string of the molecule is O=C(Nc1cc(C(F)(F)F)ccc1Cl)C1(c2ccc3c(c2)OCCO3)CC1. The van der Waals surface area contributed by atoms with Gasteiger partial charge in [0.05, 0.1) is 21.7 Å². The second kappa shape index (κ2) is 6.34. The van der Waals surface area contributed by atoms with Crippen LogP contribution in [-0.4, -0.2) is 19.1 Å². The van der Waals surface area contributed by atoms with Crippen LogP contribution < -0.4 is 14.8 Å². The van der Waals surface area contributed by atoms with Gasteiger partial charge in [-0.1, -0.05) is 17.7 Å². The summed E-state index contributed by atoms with van der Waals surface area (Å²) in [5.41, 5.74) is -0.980. The number of anilines is 1. The number of amides is 1. The summed E-state index contributed by atoms with van der Waals surface area (Å²) in [6.07, 6.45) is -3.33. The van der Waals surface area contributed by atoms with Crippen molar-refractivity contribution in [3.05, 3.63) is 52.5 Å². The Hall–Kier alpha value is -2.41. The summed E-state index contributed by atoms with van der Waals surface area (Å²) in [7, 11) is 0. The molecular weight excluding hydrogens is 383 g/mol. The Morgan fingerprint density at radius 2 is 1.74 bits per heavy atom. The van der Waals surface area contributed by atoms with Crippen LogP contribution in [0.15, 0.2) is 36.4 Å². The number of rotatable bonds is 3. The van der Waals surface area contributed by atoms with E-state index in [0.29, 0.717) is 37.6 Å². The Labute approximate surface area is 158 Å². The smallest absolute Gasteiger partial charge is 0.416 e. The van der Waals surface area contributed by atoms with Crippen molar-refractivity contribution in [3.63, 3.8) is 0 Å². The van der Waals surface area contributed by atoms with Crippen molar-refractivity contribution in [2.45, 2.75) is 24.4 Å². The van der Waals surface area contributed by atoms with Crippen LogP contribution in [0.25, 0.3) is 0 Å². The zero-order chi connectivity index (χ0) is 19.2. The number of carbonyl (C=O) groups excluding carboxylic acids is 1. The molecule has 142 valence electrons. The third kappa shape index (κ3) is 3.32. The van der Waals surface area contributed by atoms with Crippen molar-refractivity contribution in [3.8, 4) is 11.5 Å². The van der Waals surface area contributed by atoms with Gasteiger partial charge in [-0.15, -0.1) is 0 Å². The quantitative estimate of drug-likeness (QED) is 0.809. The summed E-state index contributed by atoms with van der Waals surface area (Å²) in [4.78, 5) is 12.9. The number of carbonyl (C=O) groups is 1. The Morgan fingerprint density at radius 3 is 2.41 bits per heavy atom. The lowest BCUT2D eigenvalue weighted by molar-refractivity contribution is -0.137. The Morgan fingerprint density at radius 1 is 1.04 bits per heavy atom. The van der Waals surface area contributed by atoms with E-state index >= 15 is 0 Å². The second-order valence-corrected chi connectivity index (χ2v) is 6.99. The molecular formula is C19H15ClF3NO3. The minimum atomic E-state index is -4.52. The van der Waals surface area contributed by atoms with E-state index < -0.39 is 17.2 Å². The monoisotopic (exact) mass is 397 g/mol. The van der Waals surface area contributed by atoms with E-state index in [1.165, 1.54) is 0 Å². The molecule has 2 aliphatic rings. The number of hydrogen-bond acceptors (Lipinski definition) is 3. The maximum absolute atomic E-state index is 12.9. The molecule has 0 spiro atoms. The molecule has 0 atom stereocenters. The van der Waals surface area contributed by atoms with Crippen molar-refractivity contribution in [1.29, 1.82) is 0 Å². The normalized spacial score (nSPS) is 17.3. The molecule has 0 radical (unpaired) electrons. The van der Waals surface area contributed by atoms with Gasteiger partial charge in [-0.3, -0.25) is 4.79 Å². The fraction of sp³-hybridized carbons (Fsp3) is 0.316. The van der Waals surface area contributed by atoms with Gasteiger partial charge in [0.2, 0.25) is 5.91 Å². The van der Waals surface area contributed by atoms with Crippen molar-refractivity contribution >= 4 is 23.2 Å². The number of ether oxygens (including phenoxy) is 2. The van der Waals surface area contributed by atoms with Gasteiger partial charge < -0.3 is 14.8 Å². The molecule has 8 heteroatoms. The van der Waals surface area contributed by atoms with Gasteiger partial charge in [-0.05, 0) is 48.7 Å². The first-order valence-electron chi connectivity index (χ1n) is 8.38. The molecule has 4 rings (SSSR count). The third-order valence-electron chi connectivity index (χ3n) is 4.82. The number of halogens is 4.